The lowest BCUT2D eigenvalue weighted by Gasteiger charge is -2.31. The minimum Gasteiger partial charge on any atom is -0.348 e. The van der Waals surface area contributed by atoms with E-state index in [-0.39, 0.29) is 10.6 Å². The van der Waals surface area contributed by atoms with Gasteiger partial charge in [0.1, 0.15) is 0 Å². The third-order valence-electron chi connectivity index (χ3n) is 5.68. The van der Waals surface area contributed by atoms with Gasteiger partial charge >= 0.3 is 0 Å². The second-order valence-corrected chi connectivity index (χ2v) is 10.8. The highest BCUT2D eigenvalue weighted by atomic mass is 32.2. The van der Waals surface area contributed by atoms with E-state index in [4.69, 9.17) is 4.98 Å². The highest BCUT2D eigenvalue weighted by Crippen LogP contribution is 2.30. The number of benzene rings is 2. The van der Waals surface area contributed by atoms with Gasteiger partial charge in [0.2, 0.25) is 0 Å². The number of hydrogen-bond acceptors (Lipinski definition) is 7. The first-order chi connectivity index (χ1) is 14.8. The fourth-order valence-corrected chi connectivity index (χ4v) is 6.50. The Morgan fingerprint density at radius 2 is 1.90 bits per heavy atom. The summed E-state index contributed by atoms with van der Waals surface area (Å²) in [6, 6.07) is 13.6. The molecule has 0 spiro atoms. The van der Waals surface area contributed by atoms with Crippen LogP contribution in [0.15, 0.2) is 58.8 Å². The zero-order valence-corrected chi connectivity index (χ0v) is 18.7. The third-order valence-corrected chi connectivity index (χ3v) is 8.89. The maximum absolute atomic E-state index is 13.0. The first-order valence-electron chi connectivity index (χ1n) is 10.1. The first-order valence-corrected chi connectivity index (χ1v) is 12.5. The van der Waals surface area contributed by atoms with Gasteiger partial charge in [-0.05, 0) is 37.0 Å². The fourth-order valence-electron chi connectivity index (χ4n) is 3.85. The summed E-state index contributed by atoms with van der Waals surface area (Å²) < 4.78 is 26.0. The summed E-state index contributed by atoms with van der Waals surface area (Å²) >= 11 is 1.58. The lowest BCUT2D eigenvalue weighted by atomic mass is 10.1. The van der Waals surface area contributed by atoms with Crippen LogP contribution in [0.5, 0.6) is 0 Å². The van der Waals surface area contributed by atoms with Crippen molar-refractivity contribution in [2.75, 3.05) is 18.0 Å². The average Bonchev–Trinajstić information content (AvgIpc) is 3.24. The zero-order valence-electron chi connectivity index (χ0n) is 17.1. The maximum Gasteiger partial charge on any atom is 0.270 e. The topological polar surface area (TPSA) is 93.4 Å². The van der Waals surface area contributed by atoms with Crippen LogP contribution in [0.1, 0.15) is 29.7 Å². The van der Waals surface area contributed by atoms with E-state index in [1.54, 1.807) is 11.3 Å². The van der Waals surface area contributed by atoms with Crippen LogP contribution in [0.3, 0.4) is 0 Å². The Bertz CT molecular complexity index is 1200. The number of anilines is 1. The monoisotopic (exact) mass is 457 g/mol. The lowest BCUT2D eigenvalue weighted by Crippen LogP contribution is -2.39. The van der Waals surface area contributed by atoms with Crippen molar-refractivity contribution in [2.24, 2.45) is 0 Å². The molecule has 0 atom stereocenters. The van der Waals surface area contributed by atoms with E-state index in [1.807, 2.05) is 12.1 Å². The van der Waals surface area contributed by atoms with Crippen molar-refractivity contribution in [3.63, 3.8) is 0 Å². The molecule has 3 aromatic rings. The fraction of sp³-hybridized carbons (Fsp3) is 0.318. The van der Waals surface area contributed by atoms with E-state index < -0.39 is 20.0 Å². The normalized spacial score (nSPS) is 15.2. The van der Waals surface area contributed by atoms with Gasteiger partial charge in [-0.3, -0.25) is 10.1 Å². The lowest BCUT2D eigenvalue weighted by molar-refractivity contribution is -0.385. The van der Waals surface area contributed by atoms with Crippen molar-refractivity contribution in [1.29, 1.82) is 0 Å². The molecule has 1 saturated heterocycles. The SMILES string of the molecule is Cc1ccccc1Cc1csc(N2CCC(S(=O)(=O)c3cccc([N+](=O)[O-])c3)CC2)n1. The van der Waals surface area contributed by atoms with Crippen LogP contribution in [0, 0.1) is 17.0 Å². The maximum atomic E-state index is 13.0. The van der Waals surface area contributed by atoms with Gasteiger partial charge < -0.3 is 4.90 Å². The Morgan fingerprint density at radius 3 is 2.61 bits per heavy atom. The minimum absolute atomic E-state index is 0.0231. The Labute approximate surface area is 185 Å². The number of thiazole rings is 1. The summed E-state index contributed by atoms with van der Waals surface area (Å²) in [6.07, 6.45) is 1.72. The molecule has 0 saturated carbocycles. The van der Waals surface area contributed by atoms with Gasteiger partial charge in [0, 0.05) is 37.0 Å². The molecule has 1 aliphatic rings. The van der Waals surface area contributed by atoms with Crippen molar-refractivity contribution in [1.82, 2.24) is 4.98 Å². The predicted molar refractivity (Wildman–Crippen MR) is 122 cm³/mol. The van der Waals surface area contributed by atoms with E-state index in [0.29, 0.717) is 25.9 Å². The second-order valence-electron chi connectivity index (χ2n) is 7.71. The van der Waals surface area contributed by atoms with Crippen molar-refractivity contribution in [3.8, 4) is 0 Å². The summed E-state index contributed by atoms with van der Waals surface area (Å²) in [5.74, 6) is 0. The Hall–Kier alpha value is -2.78. The van der Waals surface area contributed by atoms with Crippen LogP contribution >= 0.6 is 11.3 Å². The Balaban J connectivity index is 1.42. The molecule has 0 amide bonds. The predicted octanol–water partition coefficient (Wildman–Crippen LogP) is 4.39. The average molecular weight is 458 g/mol. The Morgan fingerprint density at radius 1 is 1.16 bits per heavy atom. The largest absolute Gasteiger partial charge is 0.348 e. The molecule has 4 rings (SSSR count). The summed E-state index contributed by atoms with van der Waals surface area (Å²) in [5.41, 5.74) is 3.30. The summed E-state index contributed by atoms with van der Waals surface area (Å²) in [6.45, 7) is 3.28. The molecule has 0 unspecified atom stereocenters. The second kappa shape index (κ2) is 8.76. The number of aromatic nitrogens is 1. The molecule has 0 radical (unpaired) electrons. The molecule has 1 fully saturated rings. The van der Waals surface area contributed by atoms with Crippen LogP contribution in [-0.4, -0.2) is 36.7 Å². The molecular weight excluding hydrogens is 434 g/mol. The van der Waals surface area contributed by atoms with Crippen LogP contribution in [0.4, 0.5) is 10.8 Å². The standard InChI is InChI=1S/C22H23N3O4S2/c1-16-5-2-3-6-17(16)13-18-15-30-22(23-18)24-11-9-20(10-12-24)31(28,29)21-8-4-7-19(14-21)25(26)27/h2-8,14-15,20H,9-13H2,1H3. The van der Waals surface area contributed by atoms with E-state index in [9.17, 15) is 18.5 Å². The smallest absolute Gasteiger partial charge is 0.270 e. The molecule has 1 aromatic heterocycles. The van der Waals surface area contributed by atoms with Crippen LogP contribution in [0.2, 0.25) is 0 Å². The molecule has 0 bridgehead atoms. The molecule has 7 nitrogen and oxygen atoms in total. The summed E-state index contributed by atoms with van der Waals surface area (Å²) in [5, 5.41) is 13.4. The molecule has 31 heavy (non-hydrogen) atoms. The van der Waals surface area contributed by atoms with E-state index >= 15 is 0 Å². The van der Waals surface area contributed by atoms with Crippen LogP contribution in [-0.2, 0) is 16.3 Å². The van der Waals surface area contributed by atoms with Crippen LogP contribution < -0.4 is 4.90 Å². The zero-order chi connectivity index (χ0) is 22.0. The molecule has 0 N–H and O–H groups in total. The van der Waals surface area contributed by atoms with Crippen molar-refractivity contribution in [2.45, 2.75) is 36.3 Å². The number of nitro benzene ring substituents is 1. The number of non-ortho nitro benzene ring substituents is 1. The molecular formula is C22H23N3O4S2. The van der Waals surface area contributed by atoms with Crippen molar-refractivity contribution < 1.29 is 13.3 Å². The number of nitrogens with zero attached hydrogens (tertiary/aromatic N) is 3. The van der Waals surface area contributed by atoms with Crippen molar-refractivity contribution >= 4 is 32.0 Å². The van der Waals surface area contributed by atoms with Gasteiger partial charge in [-0.2, -0.15) is 0 Å². The van der Waals surface area contributed by atoms with Gasteiger partial charge in [-0.1, -0.05) is 30.3 Å². The van der Waals surface area contributed by atoms with E-state index in [2.05, 4.69) is 29.3 Å². The van der Waals surface area contributed by atoms with Crippen LogP contribution in [0.25, 0.3) is 0 Å². The molecule has 9 heteroatoms. The van der Waals surface area contributed by atoms with Gasteiger partial charge in [0.15, 0.2) is 15.0 Å². The number of piperidine rings is 1. The van der Waals surface area contributed by atoms with Crippen molar-refractivity contribution in [3.05, 3.63) is 80.8 Å². The van der Waals surface area contributed by atoms with E-state index in [1.165, 1.54) is 29.3 Å². The molecule has 1 aliphatic heterocycles. The van der Waals surface area contributed by atoms with E-state index in [0.717, 1.165) is 23.3 Å². The minimum atomic E-state index is -3.61. The molecule has 162 valence electrons. The highest BCUT2D eigenvalue weighted by molar-refractivity contribution is 7.92. The summed E-state index contributed by atoms with van der Waals surface area (Å²) in [4.78, 5) is 17.3. The molecule has 2 heterocycles. The first kappa shape index (κ1) is 21.5. The van der Waals surface area contributed by atoms with Gasteiger partial charge in [0.05, 0.1) is 20.8 Å². The molecule has 2 aromatic carbocycles. The molecule has 0 aliphatic carbocycles. The van der Waals surface area contributed by atoms with Gasteiger partial charge in [0.25, 0.3) is 5.69 Å². The number of hydrogen-bond donors (Lipinski definition) is 0. The third kappa shape index (κ3) is 4.62. The van der Waals surface area contributed by atoms with Gasteiger partial charge in [-0.25, -0.2) is 13.4 Å². The summed E-state index contributed by atoms with van der Waals surface area (Å²) in [7, 11) is -3.61. The highest BCUT2D eigenvalue weighted by Gasteiger charge is 2.32. The Kier molecular flexibility index (Phi) is 6.06. The number of sulfone groups is 1. The van der Waals surface area contributed by atoms with Gasteiger partial charge in [-0.15, -0.1) is 11.3 Å². The quantitative estimate of drug-likeness (QED) is 0.402. The number of nitro groups is 1. The number of aryl methyl sites for hydroxylation is 1. The number of rotatable bonds is 6.